The third-order valence-corrected chi connectivity index (χ3v) is 3.79. The summed E-state index contributed by atoms with van der Waals surface area (Å²) in [6.07, 6.45) is 2.62. The van der Waals surface area contributed by atoms with Crippen molar-refractivity contribution in [2.24, 2.45) is 5.92 Å². The molecule has 1 aliphatic rings. The van der Waals surface area contributed by atoms with Crippen molar-refractivity contribution in [1.82, 2.24) is 9.88 Å². The second-order valence-corrected chi connectivity index (χ2v) is 5.19. The number of pyridine rings is 1. The second-order valence-electron chi connectivity index (χ2n) is 4.43. The highest BCUT2D eigenvalue weighted by Crippen LogP contribution is 2.23. The normalized spacial score (nSPS) is 19.3. The number of aliphatic carboxylic acids is 1. The van der Waals surface area contributed by atoms with E-state index in [1.165, 1.54) is 17.2 Å². The Morgan fingerprint density at radius 1 is 1.42 bits per heavy atom. The lowest BCUT2D eigenvalue weighted by Gasteiger charge is -2.30. The Bertz CT molecular complexity index is 522. The zero-order chi connectivity index (χ0) is 14.0. The van der Waals surface area contributed by atoms with Crippen molar-refractivity contribution in [3.05, 3.63) is 28.0 Å². The first-order valence-corrected chi connectivity index (χ1v) is 6.57. The number of carbonyl (C=O) groups is 2. The van der Waals surface area contributed by atoms with Gasteiger partial charge in [0.2, 0.25) is 0 Å². The molecule has 1 aromatic rings. The van der Waals surface area contributed by atoms with Gasteiger partial charge in [-0.1, -0.05) is 23.2 Å². The predicted octanol–water partition coefficient (Wildman–Crippen LogP) is 2.33. The monoisotopic (exact) mass is 302 g/mol. The van der Waals surface area contributed by atoms with Crippen molar-refractivity contribution in [2.75, 3.05) is 13.1 Å². The average Bonchev–Trinajstić information content (AvgIpc) is 2.41. The number of nitrogens with zero attached hydrogens (tertiary/aromatic N) is 2. The number of carboxylic acid groups (broad SMARTS) is 1. The molecule has 1 amide bonds. The van der Waals surface area contributed by atoms with Crippen LogP contribution >= 0.6 is 23.2 Å². The standard InChI is InChI=1S/C12H12Cl2N2O3/c13-9-4-8(5-15-10(9)14)11(17)16-3-1-2-7(6-16)12(18)19/h4-5,7H,1-3,6H2,(H,18,19)/t7-/m0/s1. The van der Waals surface area contributed by atoms with Crippen molar-refractivity contribution in [3.63, 3.8) is 0 Å². The van der Waals surface area contributed by atoms with Crippen LogP contribution in [0.5, 0.6) is 0 Å². The molecule has 1 N–H and O–H groups in total. The summed E-state index contributed by atoms with van der Waals surface area (Å²) in [5.74, 6) is -1.64. The summed E-state index contributed by atoms with van der Waals surface area (Å²) in [6.45, 7) is 0.761. The highest BCUT2D eigenvalue weighted by atomic mass is 35.5. The number of amides is 1. The molecule has 2 rings (SSSR count). The number of hydrogen-bond donors (Lipinski definition) is 1. The number of carboxylic acids is 1. The van der Waals surface area contributed by atoms with Gasteiger partial charge in [0, 0.05) is 19.3 Å². The number of piperidine rings is 1. The van der Waals surface area contributed by atoms with Crippen molar-refractivity contribution in [2.45, 2.75) is 12.8 Å². The molecule has 0 aromatic carbocycles. The Kier molecular flexibility index (Phi) is 4.27. The van der Waals surface area contributed by atoms with E-state index in [9.17, 15) is 9.59 Å². The van der Waals surface area contributed by atoms with Crippen molar-refractivity contribution < 1.29 is 14.7 Å². The maximum absolute atomic E-state index is 12.2. The first-order valence-electron chi connectivity index (χ1n) is 5.82. The Labute approximate surface area is 120 Å². The maximum Gasteiger partial charge on any atom is 0.308 e. The van der Waals surface area contributed by atoms with Gasteiger partial charge in [-0.3, -0.25) is 9.59 Å². The van der Waals surface area contributed by atoms with Crippen LogP contribution in [0.3, 0.4) is 0 Å². The van der Waals surface area contributed by atoms with Gasteiger partial charge in [0.15, 0.2) is 0 Å². The summed E-state index contributed by atoms with van der Waals surface area (Å²) in [5, 5.41) is 9.35. The largest absolute Gasteiger partial charge is 0.481 e. The van der Waals surface area contributed by atoms with Crippen LogP contribution in [0.2, 0.25) is 10.2 Å². The number of hydrogen-bond acceptors (Lipinski definition) is 3. The Morgan fingerprint density at radius 3 is 2.79 bits per heavy atom. The molecule has 5 nitrogen and oxygen atoms in total. The number of rotatable bonds is 2. The molecule has 1 atom stereocenters. The molecule has 1 fully saturated rings. The summed E-state index contributed by atoms with van der Waals surface area (Å²) < 4.78 is 0. The van der Waals surface area contributed by atoms with Crippen molar-refractivity contribution in [3.8, 4) is 0 Å². The molecule has 102 valence electrons. The molecule has 19 heavy (non-hydrogen) atoms. The van der Waals surface area contributed by atoms with Gasteiger partial charge < -0.3 is 10.0 Å². The minimum Gasteiger partial charge on any atom is -0.481 e. The van der Waals surface area contributed by atoms with Gasteiger partial charge >= 0.3 is 5.97 Å². The summed E-state index contributed by atoms with van der Waals surface area (Å²) in [7, 11) is 0. The minimum atomic E-state index is -0.871. The van der Waals surface area contributed by atoms with Crippen molar-refractivity contribution in [1.29, 1.82) is 0 Å². The second kappa shape index (κ2) is 5.75. The molecule has 0 unspecified atom stereocenters. The number of halogens is 2. The number of likely N-dealkylation sites (tertiary alicyclic amines) is 1. The van der Waals surface area contributed by atoms with E-state index in [4.69, 9.17) is 28.3 Å². The van der Waals surface area contributed by atoms with E-state index in [1.54, 1.807) is 0 Å². The molecule has 0 aliphatic carbocycles. The maximum atomic E-state index is 12.2. The summed E-state index contributed by atoms with van der Waals surface area (Å²) in [5.41, 5.74) is 0.320. The van der Waals surface area contributed by atoms with Crippen LogP contribution in [0.25, 0.3) is 0 Å². The Balaban J connectivity index is 2.14. The van der Waals surface area contributed by atoms with Crippen LogP contribution in [0.15, 0.2) is 12.3 Å². The quantitative estimate of drug-likeness (QED) is 0.851. The number of carbonyl (C=O) groups excluding carboxylic acids is 1. The summed E-state index contributed by atoms with van der Waals surface area (Å²) in [4.78, 5) is 28.5. The van der Waals surface area contributed by atoms with E-state index in [2.05, 4.69) is 4.98 Å². The molecule has 0 saturated carbocycles. The van der Waals surface area contributed by atoms with Gasteiger partial charge in [-0.2, -0.15) is 0 Å². The predicted molar refractivity (Wildman–Crippen MR) is 70.5 cm³/mol. The van der Waals surface area contributed by atoms with Crippen LogP contribution in [0.4, 0.5) is 0 Å². The summed E-state index contributed by atoms with van der Waals surface area (Å²) >= 11 is 11.5. The van der Waals surface area contributed by atoms with Crippen LogP contribution in [-0.2, 0) is 4.79 Å². The van der Waals surface area contributed by atoms with Crippen LogP contribution in [0.1, 0.15) is 23.2 Å². The zero-order valence-corrected chi connectivity index (χ0v) is 11.5. The highest BCUT2D eigenvalue weighted by molar-refractivity contribution is 6.41. The zero-order valence-electron chi connectivity index (χ0n) is 9.97. The molecule has 1 aromatic heterocycles. The average molecular weight is 303 g/mol. The van der Waals surface area contributed by atoms with E-state index >= 15 is 0 Å². The third-order valence-electron chi connectivity index (χ3n) is 3.10. The fourth-order valence-electron chi connectivity index (χ4n) is 2.08. The first-order chi connectivity index (χ1) is 8.99. The van der Waals surface area contributed by atoms with Gasteiger partial charge in [0.1, 0.15) is 5.15 Å². The van der Waals surface area contributed by atoms with E-state index in [1.807, 2.05) is 0 Å². The molecule has 0 bridgehead atoms. The molecule has 1 aliphatic heterocycles. The summed E-state index contributed by atoms with van der Waals surface area (Å²) in [6, 6.07) is 1.45. The highest BCUT2D eigenvalue weighted by Gasteiger charge is 2.28. The SMILES string of the molecule is O=C(O)[C@H]1CCCN(C(=O)c2cnc(Cl)c(Cl)c2)C1. The van der Waals surface area contributed by atoms with E-state index in [0.29, 0.717) is 24.9 Å². The van der Waals surface area contributed by atoms with Gasteiger partial charge in [0.05, 0.1) is 16.5 Å². The van der Waals surface area contributed by atoms with Gasteiger partial charge in [-0.05, 0) is 18.9 Å². The fourth-order valence-corrected chi connectivity index (χ4v) is 2.35. The van der Waals surface area contributed by atoms with Gasteiger partial charge in [-0.15, -0.1) is 0 Å². The van der Waals surface area contributed by atoms with Crippen LogP contribution in [-0.4, -0.2) is 40.0 Å². The fraction of sp³-hybridized carbons (Fsp3) is 0.417. The van der Waals surface area contributed by atoms with Crippen molar-refractivity contribution >= 4 is 35.1 Å². The van der Waals surface area contributed by atoms with E-state index in [0.717, 1.165) is 0 Å². The number of aromatic nitrogens is 1. The molecule has 1 saturated heterocycles. The molecule has 7 heteroatoms. The lowest BCUT2D eigenvalue weighted by Crippen LogP contribution is -2.42. The van der Waals surface area contributed by atoms with Gasteiger partial charge in [-0.25, -0.2) is 4.98 Å². The minimum absolute atomic E-state index is 0.139. The van der Waals surface area contributed by atoms with E-state index in [-0.39, 0.29) is 22.6 Å². The molecule has 0 spiro atoms. The van der Waals surface area contributed by atoms with Crippen LogP contribution < -0.4 is 0 Å². The third kappa shape index (κ3) is 3.16. The van der Waals surface area contributed by atoms with Gasteiger partial charge in [0.25, 0.3) is 5.91 Å². The lowest BCUT2D eigenvalue weighted by molar-refractivity contribution is -0.143. The Hall–Kier alpha value is -1.33. The topological polar surface area (TPSA) is 70.5 Å². The molecule has 0 radical (unpaired) electrons. The smallest absolute Gasteiger partial charge is 0.308 e. The van der Waals surface area contributed by atoms with Crippen LogP contribution in [0, 0.1) is 5.92 Å². The molecular weight excluding hydrogens is 291 g/mol. The first kappa shape index (κ1) is 14.1. The molecule has 2 heterocycles. The lowest BCUT2D eigenvalue weighted by atomic mass is 9.98. The molecular formula is C12H12Cl2N2O3. The van der Waals surface area contributed by atoms with E-state index < -0.39 is 11.9 Å². The Morgan fingerprint density at radius 2 is 2.16 bits per heavy atom.